The Morgan fingerprint density at radius 3 is 2.42 bits per heavy atom. The van der Waals surface area contributed by atoms with Crippen molar-refractivity contribution in [3.8, 4) is 5.75 Å². The summed E-state index contributed by atoms with van der Waals surface area (Å²) in [6, 6.07) is 2.60. The smallest absolute Gasteiger partial charge is 0.406 e. The summed E-state index contributed by atoms with van der Waals surface area (Å²) in [5.74, 6) is -1.32. The van der Waals surface area contributed by atoms with Crippen molar-refractivity contribution in [3.63, 3.8) is 0 Å². The van der Waals surface area contributed by atoms with Crippen LogP contribution in [0.1, 0.15) is 18.4 Å². The summed E-state index contributed by atoms with van der Waals surface area (Å²) in [5.41, 5.74) is -1.72. The molecule has 19 heavy (non-hydrogen) atoms. The van der Waals surface area contributed by atoms with E-state index in [1.54, 1.807) is 0 Å². The van der Waals surface area contributed by atoms with Gasteiger partial charge in [0.25, 0.3) is 0 Å². The minimum absolute atomic E-state index is 0.124. The minimum Gasteiger partial charge on any atom is -0.406 e. The van der Waals surface area contributed by atoms with Crippen molar-refractivity contribution in [2.45, 2.75) is 24.8 Å². The average Bonchev–Trinajstić information content (AvgIpc) is 2.31. The standard InChI is InChI=1S/C12H12F4O3/c13-10-2-1-8(19-12(14,15)16)7-9(10)11(17)3-5-18-6-4-11/h1-2,7,17H,3-6H2. The van der Waals surface area contributed by atoms with Crippen molar-refractivity contribution >= 4 is 0 Å². The summed E-state index contributed by atoms with van der Waals surface area (Å²) in [5, 5.41) is 10.3. The number of halogens is 4. The van der Waals surface area contributed by atoms with Crippen LogP contribution in [0.5, 0.6) is 5.75 Å². The highest BCUT2D eigenvalue weighted by Crippen LogP contribution is 2.36. The van der Waals surface area contributed by atoms with E-state index >= 15 is 0 Å². The van der Waals surface area contributed by atoms with E-state index < -0.39 is 23.5 Å². The zero-order valence-corrected chi connectivity index (χ0v) is 9.84. The first kappa shape index (κ1) is 14.1. The number of benzene rings is 1. The van der Waals surface area contributed by atoms with Crippen molar-refractivity contribution in [2.75, 3.05) is 13.2 Å². The third-order valence-corrected chi connectivity index (χ3v) is 2.99. The lowest BCUT2D eigenvalue weighted by atomic mass is 9.86. The molecule has 3 nitrogen and oxygen atoms in total. The lowest BCUT2D eigenvalue weighted by Gasteiger charge is -2.32. The van der Waals surface area contributed by atoms with Crippen LogP contribution < -0.4 is 4.74 Å². The Labute approximate surface area is 106 Å². The molecule has 0 spiro atoms. The van der Waals surface area contributed by atoms with Gasteiger partial charge in [-0.15, -0.1) is 13.2 Å². The average molecular weight is 280 g/mol. The summed E-state index contributed by atoms with van der Waals surface area (Å²) >= 11 is 0. The van der Waals surface area contributed by atoms with Gasteiger partial charge in [0.1, 0.15) is 11.6 Å². The van der Waals surface area contributed by atoms with Crippen LogP contribution in [0.3, 0.4) is 0 Å². The minimum atomic E-state index is -4.85. The third-order valence-electron chi connectivity index (χ3n) is 2.99. The lowest BCUT2D eigenvalue weighted by molar-refractivity contribution is -0.274. The number of rotatable bonds is 2. The van der Waals surface area contributed by atoms with E-state index in [-0.39, 0.29) is 31.6 Å². The largest absolute Gasteiger partial charge is 0.573 e. The van der Waals surface area contributed by atoms with Crippen LogP contribution in [0.15, 0.2) is 18.2 Å². The second-order valence-electron chi connectivity index (χ2n) is 4.33. The van der Waals surface area contributed by atoms with Gasteiger partial charge >= 0.3 is 6.36 Å². The fraction of sp³-hybridized carbons (Fsp3) is 0.500. The maximum Gasteiger partial charge on any atom is 0.573 e. The van der Waals surface area contributed by atoms with Crippen molar-refractivity contribution in [3.05, 3.63) is 29.6 Å². The van der Waals surface area contributed by atoms with E-state index in [1.165, 1.54) is 0 Å². The van der Waals surface area contributed by atoms with Crippen molar-refractivity contribution < 1.29 is 32.1 Å². The molecule has 0 saturated carbocycles. The quantitative estimate of drug-likeness (QED) is 0.847. The molecule has 7 heteroatoms. The first-order chi connectivity index (χ1) is 8.80. The first-order valence-corrected chi connectivity index (χ1v) is 5.66. The monoisotopic (exact) mass is 280 g/mol. The van der Waals surface area contributed by atoms with Crippen LogP contribution in [0.25, 0.3) is 0 Å². The summed E-state index contributed by atoms with van der Waals surface area (Å²) in [4.78, 5) is 0. The van der Waals surface area contributed by atoms with Gasteiger partial charge in [-0.1, -0.05) is 0 Å². The maximum absolute atomic E-state index is 13.7. The summed E-state index contributed by atoms with van der Waals surface area (Å²) in [6.45, 7) is 0.445. The zero-order valence-electron chi connectivity index (χ0n) is 9.84. The molecule has 1 aromatic carbocycles. The summed E-state index contributed by atoms with van der Waals surface area (Å²) < 4.78 is 58.8. The van der Waals surface area contributed by atoms with Gasteiger partial charge in [-0.2, -0.15) is 0 Å². The molecule has 1 aliphatic rings. The fourth-order valence-electron chi connectivity index (χ4n) is 2.04. The summed E-state index contributed by atoms with van der Waals surface area (Å²) in [6.07, 6.45) is -4.60. The summed E-state index contributed by atoms with van der Waals surface area (Å²) in [7, 11) is 0. The fourth-order valence-corrected chi connectivity index (χ4v) is 2.04. The topological polar surface area (TPSA) is 38.7 Å². The van der Waals surface area contributed by atoms with Gasteiger partial charge < -0.3 is 14.6 Å². The Bertz CT molecular complexity index is 453. The first-order valence-electron chi connectivity index (χ1n) is 5.66. The molecule has 106 valence electrons. The third kappa shape index (κ3) is 3.36. The van der Waals surface area contributed by atoms with Gasteiger partial charge in [0.05, 0.1) is 5.60 Å². The molecule has 1 saturated heterocycles. The molecule has 2 rings (SSSR count). The number of alkyl halides is 3. The van der Waals surface area contributed by atoms with Crippen LogP contribution in [-0.2, 0) is 10.3 Å². The van der Waals surface area contributed by atoms with E-state index in [4.69, 9.17) is 4.74 Å². The van der Waals surface area contributed by atoms with Crippen LogP contribution in [-0.4, -0.2) is 24.7 Å². The molecule has 1 heterocycles. The predicted octanol–water partition coefficient (Wildman–Crippen LogP) is 2.72. The molecule has 1 aromatic rings. The maximum atomic E-state index is 13.7. The highest BCUT2D eigenvalue weighted by molar-refractivity contribution is 5.34. The Hall–Kier alpha value is -1.34. The van der Waals surface area contributed by atoms with Gasteiger partial charge in [0, 0.05) is 31.6 Å². The van der Waals surface area contributed by atoms with Gasteiger partial charge in [0.15, 0.2) is 0 Å². The van der Waals surface area contributed by atoms with E-state index in [1.807, 2.05) is 0 Å². The van der Waals surface area contributed by atoms with Crippen molar-refractivity contribution in [2.24, 2.45) is 0 Å². The van der Waals surface area contributed by atoms with E-state index in [9.17, 15) is 22.7 Å². The van der Waals surface area contributed by atoms with Gasteiger partial charge in [-0.25, -0.2) is 4.39 Å². The van der Waals surface area contributed by atoms with E-state index in [2.05, 4.69) is 4.74 Å². The van der Waals surface area contributed by atoms with E-state index in [0.717, 1.165) is 18.2 Å². The van der Waals surface area contributed by atoms with Crippen LogP contribution in [0.2, 0.25) is 0 Å². The highest BCUT2D eigenvalue weighted by Gasteiger charge is 2.36. The molecule has 0 bridgehead atoms. The molecule has 1 N–H and O–H groups in total. The van der Waals surface area contributed by atoms with Gasteiger partial charge in [-0.05, 0) is 18.2 Å². The van der Waals surface area contributed by atoms with Gasteiger partial charge in [-0.3, -0.25) is 0 Å². The molecule has 1 aliphatic heterocycles. The van der Waals surface area contributed by atoms with Crippen LogP contribution in [0.4, 0.5) is 17.6 Å². The Balaban J connectivity index is 2.31. The predicted molar refractivity (Wildman–Crippen MR) is 57.0 cm³/mol. The highest BCUT2D eigenvalue weighted by atomic mass is 19.4. The molecule has 0 unspecified atom stereocenters. The molecular weight excluding hydrogens is 268 g/mol. The Morgan fingerprint density at radius 2 is 1.84 bits per heavy atom. The second kappa shape index (κ2) is 4.97. The number of ether oxygens (including phenoxy) is 2. The van der Waals surface area contributed by atoms with Crippen LogP contribution >= 0.6 is 0 Å². The van der Waals surface area contributed by atoms with Gasteiger partial charge in [0.2, 0.25) is 0 Å². The molecule has 0 atom stereocenters. The molecular formula is C12H12F4O3. The Morgan fingerprint density at radius 1 is 1.21 bits per heavy atom. The lowest BCUT2D eigenvalue weighted by Crippen LogP contribution is -2.34. The number of aliphatic hydroxyl groups is 1. The SMILES string of the molecule is OC1(c2cc(OC(F)(F)F)ccc2F)CCOCC1. The second-order valence-corrected chi connectivity index (χ2v) is 4.33. The molecule has 1 fully saturated rings. The normalized spacial score (nSPS) is 19.2. The number of hydrogen-bond donors (Lipinski definition) is 1. The molecule has 0 radical (unpaired) electrons. The van der Waals surface area contributed by atoms with Crippen LogP contribution in [0, 0.1) is 5.82 Å². The molecule has 0 amide bonds. The van der Waals surface area contributed by atoms with Crippen molar-refractivity contribution in [1.29, 1.82) is 0 Å². The van der Waals surface area contributed by atoms with E-state index in [0.29, 0.717) is 0 Å². The Kier molecular flexibility index (Phi) is 3.69. The van der Waals surface area contributed by atoms with Crippen molar-refractivity contribution in [1.82, 2.24) is 0 Å². The molecule has 0 aromatic heterocycles. The zero-order chi connectivity index (χ0) is 14.1. The number of hydrogen-bond acceptors (Lipinski definition) is 3. The molecule has 0 aliphatic carbocycles.